The van der Waals surface area contributed by atoms with Crippen LogP contribution in [0.15, 0.2) is 256 Å². The van der Waals surface area contributed by atoms with E-state index >= 15 is 0 Å². The van der Waals surface area contributed by atoms with Gasteiger partial charge in [0.1, 0.15) is 0 Å². The Bertz CT molecular complexity index is 6080. The molecule has 0 aliphatic carbocycles. The Labute approximate surface area is 609 Å². The quantitative estimate of drug-likeness (QED) is 0.140. The molecular formula is C84H63N7Se7. The van der Waals surface area contributed by atoms with Gasteiger partial charge in [0.15, 0.2) is 0 Å². The van der Waals surface area contributed by atoms with Crippen molar-refractivity contribution in [2.45, 2.75) is 48.5 Å². The van der Waals surface area contributed by atoms with Crippen LogP contribution in [0.1, 0.15) is 39.2 Å². The minimum absolute atomic E-state index is 0.463. The summed E-state index contributed by atoms with van der Waals surface area (Å²) in [7, 11) is 0. The van der Waals surface area contributed by atoms with Crippen LogP contribution in [0.5, 0.6) is 0 Å². The van der Waals surface area contributed by atoms with E-state index in [0.717, 1.165) is 5.69 Å². The van der Waals surface area contributed by atoms with Gasteiger partial charge < -0.3 is 0 Å². The molecule has 7 aromatic carbocycles. The van der Waals surface area contributed by atoms with Crippen molar-refractivity contribution < 1.29 is 0 Å². The van der Waals surface area contributed by atoms with E-state index in [4.69, 9.17) is 0 Å². The zero-order valence-electron chi connectivity index (χ0n) is 54.7. The van der Waals surface area contributed by atoms with Crippen LogP contribution in [-0.4, -0.2) is 136 Å². The van der Waals surface area contributed by atoms with E-state index in [9.17, 15) is 0 Å². The van der Waals surface area contributed by atoms with Gasteiger partial charge in [0.2, 0.25) is 0 Å². The van der Waals surface area contributed by atoms with Crippen LogP contribution in [0.2, 0.25) is 0 Å². The molecule has 476 valence electrons. The molecule has 98 heavy (non-hydrogen) atoms. The molecule has 0 N–H and O–H groups in total. The molecule has 0 unspecified atom stereocenters. The molecule has 0 aliphatic heterocycles. The molecule has 0 bridgehead atoms. The number of fused-ring (bicyclic) bond motifs is 21. The third kappa shape index (κ3) is 13.8. The van der Waals surface area contributed by atoms with Crippen LogP contribution >= 0.6 is 0 Å². The fourth-order valence-electron chi connectivity index (χ4n) is 12.5. The molecule has 14 heteroatoms. The Morgan fingerprint density at radius 3 is 1.37 bits per heavy atom. The van der Waals surface area contributed by atoms with Gasteiger partial charge in [-0.2, -0.15) is 0 Å². The number of aromatic nitrogens is 7. The van der Waals surface area contributed by atoms with E-state index in [1.165, 1.54) is 169 Å². The number of hydrogen-bond acceptors (Lipinski definition) is 7. The van der Waals surface area contributed by atoms with Gasteiger partial charge in [-0.25, -0.2) is 0 Å². The second-order valence-corrected chi connectivity index (χ2v) is 39.8. The molecule has 0 fully saturated rings. The van der Waals surface area contributed by atoms with E-state index in [-0.39, 0.29) is 0 Å². The molecule has 0 aliphatic rings. The van der Waals surface area contributed by atoms with E-state index in [1.807, 2.05) is 81.3 Å². The van der Waals surface area contributed by atoms with Crippen molar-refractivity contribution in [3.05, 3.63) is 296 Å². The standard InChI is InChI=1S/7C12H9NSe/c1-8-2-3-11-10(6-8)9-4-5-13-7-12(9)14-11;1-8-2-3-9-10-4-5-13-7-12(10)14-11(9)6-8;1-8-3-2-4-10-12(8)9-5-6-13-7-11(9)14-10;1-8-3-2-4-10-9-5-6-13-7-11(9)14-12(8)10;1-8-6-10-9-4-2-3-5-11(9)14-12(10)7-13-8;1-8-6-13-7-11-12(8)9-4-2-3-5-10(9)14-11;1-8-12-10(6-7-13-8)9-4-2-3-5-11(9)14-12/h7*2-7H,1H3. The SMILES string of the molecule is Cc1cc2c(cn1)[se]c1ccccc12.Cc1ccc2[se]c3cnccc3c2c1.Cc1ccc2c(c1)[se]c1cnccc12.Cc1cccc2[se]c3cnccc3c12.Cc1cccc2c1[se]c1cnccc12.Cc1cncc2[se]c3ccccc3c12.Cc1nccc2c1[se]c1ccccc12. The molecule has 7 nitrogen and oxygen atoms in total. The third-order valence-corrected chi connectivity index (χ3v) is 34.3. The maximum absolute atomic E-state index is 4.35. The van der Waals surface area contributed by atoms with Crippen molar-refractivity contribution in [1.82, 2.24) is 34.9 Å². The van der Waals surface area contributed by atoms with Crippen LogP contribution < -0.4 is 0 Å². The monoisotopic (exact) mass is 1730 g/mol. The molecule has 14 aromatic heterocycles. The predicted molar refractivity (Wildman–Crippen MR) is 426 cm³/mol. The van der Waals surface area contributed by atoms with Crippen molar-refractivity contribution in [3.8, 4) is 0 Å². The van der Waals surface area contributed by atoms with Gasteiger partial charge in [0.05, 0.1) is 0 Å². The second-order valence-electron chi connectivity index (χ2n) is 24.0. The minimum atomic E-state index is 0.463. The van der Waals surface area contributed by atoms with Crippen LogP contribution in [0.25, 0.3) is 135 Å². The molecule has 0 saturated heterocycles. The maximum atomic E-state index is 4.35. The molecule has 0 radical (unpaired) electrons. The van der Waals surface area contributed by atoms with Crippen LogP contribution in [0.3, 0.4) is 0 Å². The summed E-state index contributed by atoms with van der Waals surface area (Å²) in [5.41, 5.74) is 9.09. The first kappa shape index (κ1) is 66.1. The Kier molecular flexibility index (Phi) is 20.0. The predicted octanol–water partition coefficient (Wildman–Crippen LogP) is 19.3. The molecule has 0 spiro atoms. The molecule has 14 heterocycles. The fourth-order valence-corrected chi connectivity index (χ4v) is 29.0. The van der Waals surface area contributed by atoms with Crippen LogP contribution in [0, 0.1) is 48.5 Å². The number of hydrogen-bond donors (Lipinski definition) is 0. The van der Waals surface area contributed by atoms with Gasteiger partial charge in [-0.05, 0) is 0 Å². The Morgan fingerprint density at radius 2 is 0.643 bits per heavy atom. The summed E-state index contributed by atoms with van der Waals surface area (Å²) in [5.74, 6) is 0. The van der Waals surface area contributed by atoms with E-state index in [1.54, 1.807) is 0 Å². The number of rotatable bonds is 0. The average molecular weight is 1720 g/mol. The van der Waals surface area contributed by atoms with Gasteiger partial charge in [0, 0.05) is 0 Å². The fraction of sp³-hybridized carbons (Fsp3) is 0.0833. The number of nitrogens with zero attached hydrogens (tertiary/aromatic N) is 7. The number of benzene rings is 7. The van der Waals surface area contributed by atoms with Gasteiger partial charge >= 0.3 is 615 Å². The number of aryl methyl sites for hydroxylation is 7. The summed E-state index contributed by atoms with van der Waals surface area (Å²) in [4.78, 5) is 29.7. The molecular weight excluding hydrogens is 1660 g/mol. The van der Waals surface area contributed by atoms with Crippen molar-refractivity contribution in [2.75, 3.05) is 0 Å². The first-order valence-electron chi connectivity index (χ1n) is 32.1. The first-order chi connectivity index (χ1) is 48.0. The van der Waals surface area contributed by atoms with Crippen LogP contribution in [-0.2, 0) is 0 Å². The van der Waals surface area contributed by atoms with E-state index in [2.05, 4.69) is 258 Å². The van der Waals surface area contributed by atoms with Gasteiger partial charge in [-0.15, -0.1) is 0 Å². The van der Waals surface area contributed by atoms with Crippen molar-refractivity contribution >= 4 is 237 Å². The van der Waals surface area contributed by atoms with Gasteiger partial charge in [0.25, 0.3) is 0 Å². The summed E-state index contributed by atoms with van der Waals surface area (Å²) in [5, 5.41) is 19.7. The Hall–Kier alpha value is -7.77. The van der Waals surface area contributed by atoms with Gasteiger partial charge in [-0.1, -0.05) is 0 Å². The van der Waals surface area contributed by atoms with Crippen molar-refractivity contribution in [3.63, 3.8) is 0 Å². The molecule has 21 rings (SSSR count). The van der Waals surface area contributed by atoms with Gasteiger partial charge in [-0.3, -0.25) is 0 Å². The molecule has 0 amide bonds. The van der Waals surface area contributed by atoms with Crippen molar-refractivity contribution in [2.24, 2.45) is 0 Å². The topological polar surface area (TPSA) is 90.2 Å². The average Bonchev–Trinajstić information content (AvgIpc) is 1.67. The molecule has 0 atom stereocenters. The zero-order chi connectivity index (χ0) is 66.8. The van der Waals surface area contributed by atoms with E-state index in [0.29, 0.717) is 102 Å². The number of pyridine rings is 7. The molecule has 21 aromatic rings. The summed E-state index contributed by atoms with van der Waals surface area (Å²) in [6, 6.07) is 65.4. The van der Waals surface area contributed by atoms with E-state index < -0.39 is 0 Å². The summed E-state index contributed by atoms with van der Waals surface area (Å²) in [6.07, 6.45) is 23.5. The first-order valence-corrected chi connectivity index (χ1v) is 44.0. The van der Waals surface area contributed by atoms with Crippen LogP contribution in [0.4, 0.5) is 0 Å². The summed E-state index contributed by atoms with van der Waals surface area (Å²) >= 11 is 3.24. The summed E-state index contributed by atoms with van der Waals surface area (Å²) < 4.78 is 20.5. The third-order valence-electron chi connectivity index (χ3n) is 17.2. The Morgan fingerprint density at radius 1 is 0.224 bits per heavy atom. The second kappa shape index (κ2) is 29.6. The van der Waals surface area contributed by atoms with Crippen molar-refractivity contribution in [1.29, 1.82) is 0 Å². The zero-order valence-corrected chi connectivity index (χ0v) is 66.7. The normalized spacial score (nSPS) is 11.2. The summed E-state index contributed by atoms with van der Waals surface area (Å²) in [6.45, 7) is 15.0. The Balaban J connectivity index is 0.0000000933. The molecule has 0 saturated carbocycles.